The zero-order valence-electron chi connectivity index (χ0n) is 27.5. The third-order valence-electron chi connectivity index (χ3n) is 8.25. The van der Waals surface area contributed by atoms with Gasteiger partial charge in [-0.15, -0.1) is 0 Å². The minimum absolute atomic E-state index is 0.0399. The van der Waals surface area contributed by atoms with Crippen LogP contribution in [0.15, 0.2) is 53.1 Å². The summed E-state index contributed by atoms with van der Waals surface area (Å²) in [6, 6.07) is 9.48. The molecule has 5 amide bonds. The van der Waals surface area contributed by atoms with Crippen molar-refractivity contribution in [1.82, 2.24) is 25.2 Å². The number of amides is 5. The number of carboxylic acid groups (broad SMARTS) is 1. The van der Waals surface area contributed by atoms with Gasteiger partial charge in [0.05, 0.1) is 17.1 Å². The van der Waals surface area contributed by atoms with Crippen molar-refractivity contribution < 1.29 is 42.3 Å². The lowest BCUT2D eigenvalue weighted by Crippen LogP contribution is -2.60. The number of aromatic nitrogens is 1. The first kappa shape index (κ1) is 36.9. The topological polar surface area (TPSA) is 158 Å². The molecule has 1 fully saturated rings. The second-order valence-electron chi connectivity index (χ2n) is 12.7. The van der Waals surface area contributed by atoms with E-state index in [2.05, 4.69) is 15.8 Å². The number of carbonyl (C=O) groups excluding carboxylic acids is 3. The van der Waals surface area contributed by atoms with Gasteiger partial charge in [-0.05, 0) is 35.6 Å². The molecule has 49 heavy (non-hydrogen) atoms. The van der Waals surface area contributed by atoms with Crippen LogP contribution in [0.3, 0.4) is 0 Å². The molecule has 3 N–H and O–H groups in total. The summed E-state index contributed by atoms with van der Waals surface area (Å²) in [6.45, 7) is 5.89. The fraction of sp³-hybridized carbons (Fsp3) is 0.424. The monoisotopic (exact) mass is 704 g/mol. The largest absolute Gasteiger partial charge is 0.465 e. The number of anilines is 1. The standard InChI is InChI=1S/C33H39ClF2N6O7/c1-33(2,3)26-18-41(32(46)47)13-14-42(26)28(43)12-11-23(40(4)30(44)37-17-21-8-6-10-24(36)29(21)34)19-48-31(45)38-27-16-25(39-49-27)20-7-5-9-22(35)15-20/h5-10,15-16,23,26H,11-14,17-19H2,1-4H3,(H,37,44)(H,38,45)(H,46,47). The quantitative estimate of drug-likeness (QED) is 0.230. The summed E-state index contributed by atoms with van der Waals surface area (Å²) in [5, 5.41) is 18.3. The van der Waals surface area contributed by atoms with E-state index in [9.17, 15) is 33.1 Å². The molecule has 1 saturated heterocycles. The van der Waals surface area contributed by atoms with Crippen molar-refractivity contribution in [1.29, 1.82) is 0 Å². The number of nitrogens with zero attached hydrogens (tertiary/aromatic N) is 4. The van der Waals surface area contributed by atoms with Gasteiger partial charge < -0.3 is 34.4 Å². The van der Waals surface area contributed by atoms with Crippen molar-refractivity contribution in [2.45, 2.75) is 52.2 Å². The molecular formula is C33H39ClF2N6O7. The first-order chi connectivity index (χ1) is 23.1. The molecule has 3 aromatic rings. The molecule has 0 bridgehead atoms. The molecule has 13 nitrogen and oxygen atoms in total. The van der Waals surface area contributed by atoms with Gasteiger partial charge in [0.15, 0.2) is 0 Å². The minimum Gasteiger partial charge on any atom is -0.465 e. The van der Waals surface area contributed by atoms with Crippen LogP contribution in [0.2, 0.25) is 5.02 Å². The molecule has 16 heteroatoms. The number of ether oxygens (including phenoxy) is 1. The van der Waals surface area contributed by atoms with Gasteiger partial charge in [0.1, 0.15) is 23.9 Å². The van der Waals surface area contributed by atoms with E-state index in [1.165, 1.54) is 53.2 Å². The zero-order valence-corrected chi connectivity index (χ0v) is 28.3. The summed E-state index contributed by atoms with van der Waals surface area (Å²) in [7, 11) is 1.46. The van der Waals surface area contributed by atoms with E-state index in [0.29, 0.717) is 11.1 Å². The number of piperazine rings is 1. The molecule has 2 heterocycles. The van der Waals surface area contributed by atoms with E-state index >= 15 is 0 Å². The number of likely N-dealkylation sites (N-methyl/N-ethyl adjacent to an activating group) is 1. The van der Waals surface area contributed by atoms with Crippen LogP contribution in [0.5, 0.6) is 0 Å². The zero-order chi connectivity index (χ0) is 35.9. The summed E-state index contributed by atoms with van der Waals surface area (Å²) in [5.74, 6) is -1.42. The fourth-order valence-electron chi connectivity index (χ4n) is 5.39. The average Bonchev–Trinajstić information content (AvgIpc) is 3.52. The third-order valence-corrected chi connectivity index (χ3v) is 8.68. The molecule has 1 aliphatic heterocycles. The highest BCUT2D eigenvalue weighted by Gasteiger charge is 2.39. The maximum atomic E-state index is 13.9. The smallest absolute Gasteiger partial charge is 0.414 e. The van der Waals surface area contributed by atoms with Gasteiger partial charge in [-0.1, -0.05) is 61.8 Å². The van der Waals surface area contributed by atoms with E-state index in [4.69, 9.17) is 20.9 Å². The van der Waals surface area contributed by atoms with E-state index in [-0.39, 0.29) is 74.2 Å². The number of halogens is 3. The predicted molar refractivity (Wildman–Crippen MR) is 176 cm³/mol. The van der Waals surface area contributed by atoms with Crippen molar-refractivity contribution in [2.75, 3.05) is 38.6 Å². The molecule has 2 unspecified atom stereocenters. The Hall–Kier alpha value is -4.92. The number of hydrogen-bond acceptors (Lipinski definition) is 7. The van der Waals surface area contributed by atoms with Crippen molar-refractivity contribution >= 4 is 41.6 Å². The average molecular weight is 705 g/mol. The highest BCUT2D eigenvalue weighted by atomic mass is 35.5. The second-order valence-corrected chi connectivity index (χ2v) is 13.1. The number of hydrogen-bond donors (Lipinski definition) is 3. The Morgan fingerprint density at radius 3 is 2.57 bits per heavy atom. The molecular weight excluding hydrogens is 666 g/mol. The summed E-state index contributed by atoms with van der Waals surface area (Å²) >= 11 is 6.03. The highest BCUT2D eigenvalue weighted by molar-refractivity contribution is 6.31. The maximum Gasteiger partial charge on any atom is 0.414 e. The lowest BCUT2D eigenvalue weighted by molar-refractivity contribution is -0.139. The van der Waals surface area contributed by atoms with Crippen molar-refractivity contribution in [2.24, 2.45) is 5.41 Å². The summed E-state index contributed by atoms with van der Waals surface area (Å²) < 4.78 is 38.1. The molecule has 0 radical (unpaired) electrons. The summed E-state index contributed by atoms with van der Waals surface area (Å²) in [4.78, 5) is 55.3. The van der Waals surface area contributed by atoms with Gasteiger partial charge in [0.25, 0.3) is 0 Å². The fourth-order valence-corrected chi connectivity index (χ4v) is 5.58. The number of carbonyl (C=O) groups is 4. The van der Waals surface area contributed by atoms with Gasteiger partial charge in [0.2, 0.25) is 11.8 Å². The molecule has 0 saturated carbocycles. The first-order valence-electron chi connectivity index (χ1n) is 15.5. The molecule has 0 aliphatic carbocycles. The molecule has 4 rings (SSSR count). The Morgan fingerprint density at radius 2 is 1.88 bits per heavy atom. The van der Waals surface area contributed by atoms with E-state index in [0.717, 1.165) is 0 Å². The molecule has 264 valence electrons. The Kier molecular flexibility index (Phi) is 12.0. The minimum atomic E-state index is -1.06. The van der Waals surface area contributed by atoms with Gasteiger partial charge >= 0.3 is 18.2 Å². The summed E-state index contributed by atoms with van der Waals surface area (Å²) in [5.41, 5.74) is 0.636. The van der Waals surface area contributed by atoms with Crippen LogP contribution in [-0.4, -0.2) is 94.5 Å². The SMILES string of the molecule is CN(C(=O)NCc1cccc(F)c1Cl)C(CCC(=O)N1CCN(C(=O)O)CC1C(C)(C)C)COC(=O)Nc1cc(-c2cccc(F)c2)no1. The molecule has 0 spiro atoms. The lowest BCUT2D eigenvalue weighted by atomic mass is 9.84. The van der Waals surface area contributed by atoms with Crippen LogP contribution in [0, 0.1) is 17.0 Å². The third kappa shape index (κ3) is 9.81. The normalized spacial score (nSPS) is 15.4. The van der Waals surface area contributed by atoms with Crippen molar-refractivity contribution in [3.05, 3.63) is 70.8 Å². The van der Waals surface area contributed by atoms with Gasteiger partial charge in [-0.25, -0.2) is 23.2 Å². The highest BCUT2D eigenvalue weighted by Crippen LogP contribution is 2.29. The summed E-state index contributed by atoms with van der Waals surface area (Å²) in [6.07, 6.45) is -1.95. The number of urea groups is 1. The van der Waals surface area contributed by atoms with Crippen LogP contribution in [0.4, 0.5) is 29.0 Å². The van der Waals surface area contributed by atoms with Crippen molar-refractivity contribution in [3.8, 4) is 11.3 Å². The Bertz CT molecular complexity index is 1670. The molecule has 1 aromatic heterocycles. The number of benzene rings is 2. The van der Waals surface area contributed by atoms with Crippen molar-refractivity contribution in [3.63, 3.8) is 0 Å². The van der Waals surface area contributed by atoms with Crippen LogP contribution >= 0.6 is 11.6 Å². The molecule has 2 aromatic carbocycles. The van der Waals surface area contributed by atoms with E-state index in [1.54, 1.807) is 17.0 Å². The number of nitrogens with one attached hydrogen (secondary N) is 2. The van der Waals surface area contributed by atoms with Crippen LogP contribution in [0.1, 0.15) is 39.2 Å². The maximum absolute atomic E-state index is 13.9. The Labute approximate surface area is 287 Å². The first-order valence-corrected chi connectivity index (χ1v) is 15.9. The van der Waals surface area contributed by atoms with Crippen LogP contribution in [-0.2, 0) is 16.1 Å². The van der Waals surface area contributed by atoms with E-state index < -0.39 is 41.3 Å². The van der Waals surface area contributed by atoms with E-state index in [1.807, 2.05) is 20.8 Å². The number of rotatable bonds is 10. The molecule has 2 atom stereocenters. The van der Waals surface area contributed by atoms with Crippen LogP contribution in [0.25, 0.3) is 11.3 Å². The lowest BCUT2D eigenvalue weighted by Gasteiger charge is -2.46. The van der Waals surface area contributed by atoms with Gasteiger partial charge in [-0.3, -0.25) is 10.1 Å². The van der Waals surface area contributed by atoms with Gasteiger partial charge in [-0.2, -0.15) is 0 Å². The van der Waals surface area contributed by atoms with Crippen LogP contribution < -0.4 is 10.6 Å². The van der Waals surface area contributed by atoms with Gasteiger partial charge in [0, 0.05) is 51.3 Å². The molecule has 1 aliphatic rings. The second kappa shape index (κ2) is 16.0. The Morgan fingerprint density at radius 1 is 1.14 bits per heavy atom. The Balaban J connectivity index is 1.43. The predicted octanol–water partition coefficient (Wildman–Crippen LogP) is 6.05.